The summed E-state index contributed by atoms with van der Waals surface area (Å²) in [6.07, 6.45) is 0. The lowest BCUT2D eigenvalue weighted by molar-refractivity contribution is -0.180. The Labute approximate surface area is 111 Å². The molecule has 0 saturated carbocycles. The molecule has 0 bridgehead atoms. The second-order valence-electron chi connectivity index (χ2n) is 4.58. The second kappa shape index (κ2) is 5.16. The van der Waals surface area contributed by atoms with E-state index < -0.39 is 5.41 Å². The third-order valence-electron chi connectivity index (χ3n) is 3.19. The van der Waals surface area contributed by atoms with Gasteiger partial charge in [-0.25, -0.2) is 0 Å². The Kier molecular flexibility index (Phi) is 3.78. The molecule has 0 aromatic heterocycles. The van der Waals surface area contributed by atoms with Crippen LogP contribution in [-0.2, 0) is 14.3 Å². The number of esters is 1. The molecule has 0 amide bonds. The van der Waals surface area contributed by atoms with Crippen molar-refractivity contribution >= 4 is 23.3 Å². The molecule has 1 fully saturated rings. The number of carbonyl (C=O) groups is 1. The summed E-state index contributed by atoms with van der Waals surface area (Å²) in [5, 5.41) is 3.91. The standard InChI is InChI=1S/C13H16ClNO3/c1-9-3-4-10(14)5-11(9)15-6-13(7-18-8-13)12(16)17-2/h3-5,15H,6-8H2,1-2H3. The van der Waals surface area contributed by atoms with Crippen LogP contribution in [0.5, 0.6) is 0 Å². The highest BCUT2D eigenvalue weighted by molar-refractivity contribution is 6.30. The number of aryl methyl sites for hydroxylation is 1. The zero-order chi connectivity index (χ0) is 13.2. The molecule has 0 radical (unpaired) electrons. The highest BCUT2D eigenvalue weighted by Gasteiger charge is 2.47. The van der Waals surface area contributed by atoms with Crippen LogP contribution in [0.4, 0.5) is 5.69 Å². The summed E-state index contributed by atoms with van der Waals surface area (Å²) < 4.78 is 9.95. The van der Waals surface area contributed by atoms with Gasteiger partial charge in [0.05, 0.1) is 20.3 Å². The molecule has 0 aliphatic carbocycles. The number of rotatable bonds is 4. The summed E-state index contributed by atoms with van der Waals surface area (Å²) >= 11 is 5.95. The Hall–Kier alpha value is -1.26. The first-order valence-electron chi connectivity index (χ1n) is 5.74. The fourth-order valence-corrected chi connectivity index (χ4v) is 2.08. The molecule has 98 valence electrons. The Balaban J connectivity index is 2.06. The summed E-state index contributed by atoms with van der Waals surface area (Å²) in [6, 6.07) is 5.62. The molecule has 2 rings (SSSR count). The largest absolute Gasteiger partial charge is 0.468 e. The number of halogens is 1. The summed E-state index contributed by atoms with van der Waals surface area (Å²) in [5.74, 6) is -0.235. The van der Waals surface area contributed by atoms with E-state index in [9.17, 15) is 4.79 Å². The average molecular weight is 270 g/mol. The monoisotopic (exact) mass is 269 g/mol. The van der Waals surface area contributed by atoms with Gasteiger partial charge in [0.2, 0.25) is 0 Å². The van der Waals surface area contributed by atoms with Crippen LogP contribution in [0.25, 0.3) is 0 Å². The quantitative estimate of drug-likeness (QED) is 0.852. The number of hydrogen-bond donors (Lipinski definition) is 1. The van der Waals surface area contributed by atoms with E-state index in [1.165, 1.54) is 7.11 Å². The van der Waals surface area contributed by atoms with Crippen molar-refractivity contribution in [3.8, 4) is 0 Å². The van der Waals surface area contributed by atoms with Crippen LogP contribution in [0.2, 0.25) is 5.02 Å². The van der Waals surface area contributed by atoms with Crippen LogP contribution >= 0.6 is 11.6 Å². The molecule has 4 nitrogen and oxygen atoms in total. The molecule has 1 N–H and O–H groups in total. The summed E-state index contributed by atoms with van der Waals surface area (Å²) in [4.78, 5) is 11.7. The van der Waals surface area contributed by atoms with Crippen LogP contribution in [0, 0.1) is 12.3 Å². The van der Waals surface area contributed by atoms with Gasteiger partial charge in [-0.3, -0.25) is 4.79 Å². The average Bonchev–Trinajstić information content (AvgIpc) is 2.31. The zero-order valence-electron chi connectivity index (χ0n) is 10.5. The molecule has 0 atom stereocenters. The first-order chi connectivity index (χ1) is 8.57. The van der Waals surface area contributed by atoms with Gasteiger partial charge in [0.25, 0.3) is 0 Å². The fraction of sp³-hybridized carbons (Fsp3) is 0.462. The number of benzene rings is 1. The first-order valence-corrected chi connectivity index (χ1v) is 6.11. The van der Waals surface area contributed by atoms with Gasteiger partial charge in [-0.05, 0) is 24.6 Å². The number of carbonyl (C=O) groups excluding carboxylic acids is 1. The second-order valence-corrected chi connectivity index (χ2v) is 5.01. The molecule has 1 aliphatic rings. The van der Waals surface area contributed by atoms with Crippen molar-refractivity contribution in [1.29, 1.82) is 0 Å². The van der Waals surface area contributed by atoms with E-state index in [0.717, 1.165) is 11.3 Å². The molecular weight excluding hydrogens is 254 g/mol. The topological polar surface area (TPSA) is 47.6 Å². The maximum absolute atomic E-state index is 11.7. The normalized spacial score (nSPS) is 16.8. The molecule has 1 saturated heterocycles. The fourth-order valence-electron chi connectivity index (χ4n) is 1.91. The van der Waals surface area contributed by atoms with Gasteiger partial charge < -0.3 is 14.8 Å². The molecule has 1 heterocycles. The van der Waals surface area contributed by atoms with Crippen LogP contribution in [0.1, 0.15) is 5.56 Å². The number of ether oxygens (including phenoxy) is 2. The van der Waals surface area contributed by atoms with Crippen LogP contribution in [0.15, 0.2) is 18.2 Å². The van der Waals surface area contributed by atoms with E-state index in [2.05, 4.69) is 5.32 Å². The van der Waals surface area contributed by atoms with Crippen molar-refractivity contribution in [2.45, 2.75) is 6.92 Å². The van der Waals surface area contributed by atoms with Crippen LogP contribution in [0.3, 0.4) is 0 Å². The van der Waals surface area contributed by atoms with Gasteiger partial charge in [-0.15, -0.1) is 0 Å². The maximum atomic E-state index is 11.7. The molecule has 1 aromatic rings. The SMILES string of the molecule is COC(=O)C1(CNc2cc(Cl)ccc2C)COC1. The number of hydrogen-bond acceptors (Lipinski definition) is 4. The number of methoxy groups -OCH3 is 1. The lowest BCUT2D eigenvalue weighted by Gasteiger charge is -2.38. The maximum Gasteiger partial charge on any atom is 0.318 e. The lowest BCUT2D eigenvalue weighted by Crippen LogP contribution is -2.54. The minimum Gasteiger partial charge on any atom is -0.468 e. The summed E-state index contributed by atoms with van der Waals surface area (Å²) in [7, 11) is 1.40. The Bertz CT molecular complexity index is 458. The van der Waals surface area contributed by atoms with Gasteiger partial charge in [0.15, 0.2) is 0 Å². The van der Waals surface area contributed by atoms with E-state index in [4.69, 9.17) is 21.1 Å². The van der Waals surface area contributed by atoms with E-state index in [1.54, 1.807) is 0 Å². The minimum absolute atomic E-state index is 0.235. The van der Waals surface area contributed by atoms with Gasteiger partial charge in [0.1, 0.15) is 5.41 Å². The van der Waals surface area contributed by atoms with Crippen molar-refractivity contribution in [2.75, 3.05) is 32.2 Å². The van der Waals surface area contributed by atoms with Gasteiger partial charge >= 0.3 is 5.97 Å². The predicted octanol–water partition coefficient (Wildman–Crippen LogP) is 2.25. The van der Waals surface area contributed by atoms with Gasteiger partial charge in [0, 0.05) is 17.3 Å². The third kappa shape index (κ3) is 2.44. The molecular formula is C13H16ClNO3. The molecule has 0 spiro atoms. The molecule has 1 aromatic carbocycles. The van der Waals surface area contributed by atoms with Crippen molar-refractivity contribution in [3.63, 3.8) is 0 Å². The minimum atomic E-state index is -0.566. The van der Waals surface area contributed by atoms with Crippen molar-refractivity contribution < 1.29 is 14.3 Å². The molecule has 5 heteroatoms. The highest BCUT2D eigenvalue weighted by Crippen LogP contribution is 2.30. The Morgan fingerprint density at radius 3 is 2.83 bits per heavy atom. The first kappa shape index (κ1) is 13.2. The van der Waals surface area contributed by atoms with Crippen LogP contribution in [-0.4, -0.2) is 32.8 Å². The lowest BCUT2D eigenvalue weighted by atomic mass is 9.86. The van der Waals surface area contributed by atoms with Crippen molar-refractivity contribution in [3.05, 3.63) is 28.8 Å². The van der Waals surface area contributed by atoms with E-state index in [-0.39, 0.29) is 5.97 Å². The van der Waals surface area contributed by atoms with Crippen molar-refractivity contribution in [2.24, 2.45) is 5.41 Å². The Morgan fingerprint density at radius 1 is 1.56 bits per heavy atom. The van der Waals surface area contributed by atoms with E-state index >= 15 is 0 Å². The highest BCUT2D eigenvalue weighted by atomic mass is 35.5. The third-order valence-corrected chi connectivity index (χ3v) is 3.43. The molecule has 1 aliphatic heterocycles. The van der Waals surface area contributed by atoms with Crippen LogP contribution < -0.4 is 5.32 Å². The number of anilines is 1. The summed E-state index contributed by atoms with van der Waals surface area (Å²) in [5.41, 5.74) is 1.45. The zero-order valence-corrected chi connectivity index (χ0v) is 11.2. The van der Waals surface area contributed by atoms with E-state index in [0.29, 0.717) is 24.8 Å². The van der Waals surface area contributed by atoms with Crippen molar-refractivity contribution in [1.82, 2.24) is 0 Å². The van der Waals surface area contributed by atoms with Gasteiger partial charge in [-0.1, -0.05) is 17.7 Å². The molecule has 18 heavy (non-hydrogen) atoms. The Morgan fingerprint density at radius 2 is 2.28 bits per heavy atom. The smallest absolute Gasteiger partial charge is 0.318 e. The molecule has 0 unspecified atom stereocenters. The summed E-state index contributed by atoms with van der Waals surface area (Å²) in [6.45, 7) is 3.26. The predicted molar refractivity (Wildman–Crippen MR) is 69.9 cm³/mol. The number of nitrogens with one attached hydrogen (secondary N) is 1. The van der Waals surface area contributed by atoms with E-state index in [1.807, 2.05) is 25.1 Å². The van der Waals surface area contributed by atoms with Gasteiger partial charge in [-0.2, -0.15) is 0 Å².